The van der Waals surface area contributed by atoms with E-state index in [2.05, 4.69) is 33.6 Å². The molecular formula is C24H39N7O5S. The minimum Gasteiger partial charge on any atom is -0.480 e. The first-order chi connectivity index (χ1) is 17.5. The van der Waals surface area contributed by atoms with Gasteiger partial charge in [0.05, 0.1) is 6.04 Å². The minimum atomic E-state index is -1.24. The molecule has 3 amide bonds. The number of hydrogen-bond donors (Lipinski definition) is 8. The van der Waals surface area contributed by atoms with E-state index in [-0.39, 0.29) is 37.0 Å². The predicted octanol–water partition coefficient (Wildman–Crippen LogP) is -0.875. The summed E-state index contributed by atoms with van der Waals surface area (Å²) in [5, 5.41) is 17.1. The third-order valence-electron chi connectivity index (χ3n) is 5.85. The number of aliphatic imine (C=N–C) groups is 1. The van der Waals surface area contributed by atoms with Crippen molar-refractivity contribution < 1.29 is 24.3 Å². The van der Waals surface area contributed by atoms with E-state index in [1.54, 1.807) is 12.1 Å². The van der Waals surface area contributed by atoms with Crippen molar-refractivity contribution in [3.05, 3.63) is 35.9 Å². The smallest absolute Gasteiger partial charge is 0.326 e. The van der Waals surface area contributed by atoms with Crippen LogP contribution < -0.4 is 33.2 Å². The molecule has 10 N–H and O–H groups in total. The Kier molecular flexibility index (Phi) is 14.1. The van der Waals surface area contributed by atoms with Gasteiger partial charge in [0.1, 0.15) is 18.1 Å². The topological polar surface area (TPSA) is 215 Å². The highest BCUT2D eigenvalue weighted by molar-refractivity contribution is 7.80. The Labute approximate surface area is 222 Å². The van der Waals surface area contributed by atoms with E-state index in [4.69, 9.17) is 17.2 Å². The lowest BCUT2D eigenvalue weighted by molar-refractivity contribution is -0.142. The van der Waals surface area contributed by atoms with Gasteiger partial charge in [-0.15, -0.1) is 0 Å². The summed E-state index contributed by atoms with van der Waals surface area (Å²) < 4.78 is 0. The molecule has 13 heteroatoms. The summed E-state index contributed by atoms with van der Waals surface area (Å²) in [6.07, 6.45) is 1.23. The first-order valence-electron chi connectivity index (χ1n) is 12.1. The number of carboxylic acid groups (broad SMARTS) is 1. The predicted molar refractivity (Wildman–Crippen MR) is 145 cm³/mol. The summed E-state index contributed by atoms with van der Waals surface area (Å²) >= 11 is 4.15. The van der Waals surface area contributed by atoms with Crippen LogP contribution in [0.5, 0.6) is 0 Å². The molecule has 12 nitrogen and oxygen atoms in total. The maximum Gasteiger partial charge on any atom is 0.326 e. The highest BCUT2D eigenvalue weighted by Gasteiger charge is 2.30. The van der Waals surface area contributed by atoms with E-state index < -0.39 is 47.9 Å². The van der Waals surface area contributed by atoms with Gasteiger partial charge < -0.3 is 38.3 Å². The molecule has 1 aromatic rings. The molecule has 0 aliphatic rings. The standard InChI is InChI=1S/C24H39N7O5S/c1-3-14(2)19(25)22(34)30-17(12-15-8-5-4-6-9-15)20(32)31-18(13-37)21(33)29-16(23(35)36)10-7-11-28-24(26)27/h4-6,8-9,14,16-19,37H,3,7,10-13,25H2,1-2H3,(H,29,33)(H,30,34)(H,31,32)(H,35,36)(H4,26,27,28). The molecule has 0 radical (unpaired) electrons. The summed E-state index contributed by atoms with van der Waals surface area (Å²) in [7, 11) is 0. The van der Waals surface area contributed by atoms with Crippen LogP contribution in [0.4, 0.5) is 0 Å². The van der Waals surface area contributed by atoms with Gasteiger partial charge in [-0.25, -0.2) is 4.79 Å². The number of hydrogen-bond acceptors (Lipinski definition) is 7. The van der Waals surface area contributed by atoms with Crippen LogP contribution in [-0.4, -0.2) is 71.2 Å². The Morgan fingerprint density at radius 1 is 0.973 bits per heavy atom. The van der Waals surface area contributed by atoms with Crippen LogP contribution in [-0.2, 0) is 25.6 Å². The largest absolute Gasteiger partial charge is 0.480 e. The molecule has 0 bridgehead atoms. The highest BCUT2D eigenvalue weighted by Crippen LogP contribution is 2.09. The number of nitrogens with two attached hydrogens (primary N) is 3. The number of benzene rings is 1. The van der Waals surface area contributed by atoms with E-state index >= 15 is 0 Å². The number of thiol groups is 1. The van der Waals surface area contributed by atoms with Gasteiger partial charge in [-0.2, -0.15) is 12.6 Å². The number of amides is 3. The van der Waals surface area contributed by atoms with Crippen molar-refractivity contribution >= 4 is 42.3 Å². The molecule has 206 valence electrons. The molecule has 0 saturated heterocycles. The van der Waals surface area contributed by atoms with Gasteiger partial charge in [-0.3, -0.25) is 19.4 Å². The lowest BCUT2D eigenvalue weighted by Gasteiger charge is -2.25. The fraction of sp³-hybridized carbons (Fsp3) is 0.542. The number of guanidine groups is 1. The summed E-state index contributed by atoms with van der Waals surface area (Å²) in [6.45, 7) is 3.95. The Morgan fingerprint density at radius 2 is 1.54 bits per heavy atom. The second-order valence-corrected chi connectivity index (χ2v) is 9.12. The zero-order valence-electron chi connectivity index (χ0n) is 21.2. The van der Waals surface area contributed by atoms with E-state index in [1.807, 2.05) is 32.0 Å². The lowest BCUT2D eigenvalue weighted by atomic mass is 9.98. The van der Waals surface area contributed by atoms with Crippen molar-refractivity contribution in [2.24, 2.45) is 28.1 Å². The van der Waals surface area contributed by atoms with Crippen molar-refractivity contribution in [1.82, 2.24) is 16.0 Å². The fourth-order valence-electron chi connectivity index (χ4n) is 3.34. The Balaban J connectivity index is 2.94. The Hall–Kier alpha value is -3.32. The van der Waals surface area contributed by atoms with Crippen molar-refractivity contribution in [3.8, 4) is 0 Å². The molecule has 1 rings (SSSR count). The summed E-state index contributed by atoms with van der Waals surface area (Å²) in [5.74, 6) is -3.39. The van der Waals surface area contributed by atoms with Gasteiger partial charge in [-0.05, 0) is 24.3 Å². The Bertz CT molecular complexity index is 927. The Morgan fingerprint density at radius 3 is 2.08 bits per heavy atom. The zero-order valence-corrected chi connectivity index (χ0v) is 22.1. The molecule has 0 aliphatic heterocycles. The monoisotopic (exact) mass is 537 g/mol. The molecule has 0 aliphatic carbocycles. The zero-order chi connectivity index (χ0) is 28.0. The number of rotatable bonds is 16. The molecule has 0 fully saturated rings. The second kappa shape index (κ2) is 16.4. The maximum atomic E-state index is 13.2. The van der Waals surface area contributed by atoms with Gasteiger partial charge in [-0.1, -0.05) is 50.6 Å². The number of carbonyl (C=O) groups excluding carboxylic acids is 3. The quantitative estimate of drug-likeness (QED) is 0.0572. The normalized spacial score (nSPS) is 14.8. The van der Waals surface area contributed by atoms with Gasteiger partial charge in [0.2, 0.25) is 17.7 Å². The van der Waals surface area contributed by atoms with Gasteiger partial charge in [0.15, 0.2) is 5.96 Å². The number of nitrogens with one attached hydrogen (secondary N) is 3. The van der Waals surface area contributed by atoms with E-state index in [0.717, 1.165) is 5.56 Å². The third kappa shape index (κ3) is 11.5. The molecular weight excluding hydrogens is 498 g/mol. The van der Waals surface area contributed by atoms with Crippen LogP contribution >= 0.6 is 12.6 Å². The second-order valence-electron chi connectivity index (χ2n) is 8.75. The van der Waals surface area contributed by atoms with Crippen LogP contribution in [0.1, 0.15) is 38.7 Å². The summed E-state index contributed by atoms with van der Waals surface area (Å²) in [5.41, 5.74) is 17.3. The minimum absolute atomic E-state index is 0.0747. The van der Waals surface area contributed by atoms with Gasteiger partial charge in [0, 0.05) is 18.7 Å². The molecule has 5 unspecified atom stereocenters. The van der Waals surface area contributed by atoms with Crippen molar-refractivity contribution in [2.75, 3.05) is 12.3 Å². The van der Waals surface area contributed by atoms with E-state index in [0.29, 0.717) is 12.8 Å². The van der Waals surface area contributed by atoms with Gasteiger partial charge >= 0.3 is 5.97 Å². The van der Waals surface area contributed by atoms with Crippen LogP contribution in [0.3, 0.4) is 0 Å². The van der Waals surface area contributed by atoms with Crippen LogP contribution in [0, 0.1) is 5.92 Å². The average molecular weight is 538 g/mol. The molecule has 0 saturated carbocycles. The van der Waals surface area contributed by atoms with E-state index in [9.17, 15) is 24.3 Å². The van der Waals surface area contributed by atoms with Crippen LogP contribution in [0.25, 0.3) is 0 Å². The molecule has 0 aromatic heterocycles. The van der Waals surface area contributed by atoms with E-state index in [1.165, 1.54) is 0 Å². The van der Waals surface area contributed by atoms with Gasteiger partial charge in [0.25, 0.3) is 0 Å². The highest BCUT2D eigenvalue weighted by atomic mass is 32.1. The molecule has 0 heterocycles. The molecule has 0 spiro atoms. The SMILES string of the molecule is CCC(C)C(N)C(=O)NC(Cc1ccccc1)C(=O)NC(CS)C(=O)NC(CCCN=C(N)N)C(=O)O. The number of carboxylic acids is 1. The first-order valence-corrected chi connectivity index (χ1v) is 12.7. The van der Waals surface area contributed by atoms with Crippen molar-refractivity contribution in [3.63, 3.8) is 0 Å². The maximum absolute atomic E-state index is 13.2. The molecule has 5 atom stereocenters. The molecule has 37 heavy (non-hydrogen) atoms. The third-order valence-corrected chi connectivity index (χ3v) is 6.22. The molecule has 1 aromatic carbocycles. The number of aliphatic carboxylic acids is 1. The number of carbonyl (C=O) groups is 4. The van der Waals surface area contributed by atoms with Crippen molar-refractivity contribution in [1.29, 1.82) is 0 Å². The van der Waals surface area contributed by atoms with Crippen LogP contribution in [0.2, 0.25) is 0 Å². The lowest BCUT2D eigenvalue weighted by Crippen LogP contribution is -2.58. The van der Waals surface area contributed by atoms with Crippen molar-refractivity contribution in [2.45, 2.75) is 63.7 Å². The van der Waals surface area contributed by atoms with Crippen LogP contribution in [0.15, 0.2) is 35.3 Å². The summed E-state index contributed by atoms with van der Waals surface area (Å²) in [4.78, 5) is 54.1. The fourth-order valence-corrected chi connectivity index (χ4v) is 3.60. The summed E-state index contributed by atoms with van der Waals surface area (Å²) in [6, 6.07) is 4.87. The average Bonchev–Trinajstić information content (AvgIpc) is 2.87. The first kappa shape index (κ1) is 31.7. The number of nitrogens with zero attached hydrogens (tertiary/aromatic N) is 1.